The predicted molar refractivity (Wildman–Crippen MR) is 106 cm³/mol. The second-order valence-electron chi connectivity index (χ2n) is 6.82. The molecule has 136 valence electrons. The molecule has 0 unspecified atom stereocenters. The van der Waals surface area contributed by atoms with Crippen LogP contribution in [0.15, 0.2) is 36.4 Å². The van der Waals surface area contributed by atoms with Gasteiger partial charge < -0.3 is 9.88 Å². The van der Waals surface area contributed by atoms with Crippen molar-refractivity contribution in [2.45, 2.75) is 27.3 Å². The molecule has 4 aromatic rings. The molecule has 2 aromatic carbocycles. The summed E-state index contributed by atoms with van der Waals surface area (Å²) in [7, 11) is 2.00. The molecule has 6 heteroatoms. The monoisotopic (exact) mass is 359 g/mol. The van der Waals surface area contributed by atoms with Gasteiger partial charge >= 0.3 is 0 Å². The summed E-state index contributed by atoms with van der Waals surface area (Å²) in [4.78, 5) is 26.1. The largest absolute Gasteiger partial charge is 0.348 e. The van der Waals surface area contributed by atoms with Crippen molar-refractivity contribution in [3.05, 3.63) is 64.7 Å². The first-order chi connectivity index (χ1) is 12.9. The third kappa shape index (κ3) is 3.14. The number of imidazole rings is 1. The second-order valence-corrected chi connectivity index (χ2v) is 6.82. The van der Waals surface area contributed by atoms with Gasteiger partial charge in [0.25, 0.3) is 5.91 Å². The Morgan fingerprint density at radius 1 is 0.926 bits per heavy atom. The zero-order valence-corrected chi connectivity index (χ0v) is 15.9. The molecule has 4 rings (SSSR count). The Hall–Kier alpha value is -3.28. The molecule has 0 aliphatic rings. The third-order valence-electron chi connectivity index (χ3n) is 4.96. The Bertz CT molecular complexity index is 1190. The maximum atomic E-state index is 12.6. The highest BCUT2D eigenvalue weighted by molar-refractivity contribution is 5.97. The first-order valence-electron chi connectivity index (χ1n) is 8.87. The summed E-state index contributed by atoms with van der Waals surface area (Å²) in [5.41, 5.74) is 6.92. The number of nitrogens with one attached hydrogen (secondary N) is 1. The number of nitrogens with zero attached hydrogens (tertiary/aromatic N) is 4. The van der Waals surface area contributed by atoms with E-state index in [4.69, 9.17) is 0 Å². The van der Waals surface area contributed by atoms with E-state index in [0.29, 0.717) is 12.1 Å². The smallest absolute Gasteiger partial charge is 0.251 e. The lowest BCUT2D eigenvalue weighted by Crippen LogP contribution is -2.22. The zero-order valence-electron chi connectivity index (χ0n) is 15.9. The van der Waals surface area contributed by atoms with Crippen LogP contribution < -0.4 is 5.32 Å². The van der Waals surface area contributed by atoms with Gasteiger partial charge in [-0.05, 0) is 56.7 Å². The molecule has 1 amide bonds. The number of amides is 1. The van der Waals surface area contributed by atoms with Crippen molar-refractivity contribution in [1.82, 2.24) is 24.8 Å². The highest BCUT2D eigenvalue weighted by Crippen LogP contribution is 2.17. The predicted octanol–water partition coefficient (Wildman–Crippen LogP) is 3.37. The van der Waals surface area contributed by atoms with E-state index in [-0.39, 0.29) is 5.91 Å². The number of fused-ring (bicyclic) bond motifs is 2. The topological polar surface area (TPSA) is 72.7 Å². The van der Waals surface area contributed by atoms with Crippen molar-refractivity contribution >= 4 is 28.0 Å². The van der Waals surface area contributed by atoms with E-state index < -0.39 is 0 Å². The quantitative estimate of drug-likeness (QED) is 0.609. The molecule has 6 nitrogen and oxygen atoms in total. The van der Waals surface area contributed by atoms with Crippen LogP contribution in [0.25, 0.3) is 22.1 Å². The molecule has 0 spiro atoms. The van der Waals surface area contributed by atoms with Gasteiger partial charge in [-0.2, -0.15) is 0 Å². The normalized spacial score (nSPS) is 11.3. The Morgan fingerprint density at radius 2 is 1.67 bits per heavy atom. The number of carbonyl (C=O) groups is 1. The molecule has 0 saturated carbocycles. The lowest BCUT2D eigenvalue weighted by molar-refractivity contribution is 0.0951. The summed E-state index contributed by atoms with van der Waals surface area (Å²) in [6.45, 7) is 6.28. The van der Waals surface area contributed by atoms with Crippen molar-refractivity contribution in [3.63, 3.8) is 0 Å². The van der Waals surface area contributed by atoms with Crippen LogP contribution in [0.1, 0.15) is 33.1 Å². The van der Waals surface area contributed by atoms with Crippen molar-refractivity contribution in [3.8, 4) is 0 Å². The van der Waals surface area contributed by atoms with Gasteiger partial charge in [0.05, 0.1) is 33.5 Å². The average molecular weight is 359 g/mol. The van der Waals surface area contributed by atoms with Crippen molar-refractivity contribution in [1.29, 1.82) is 0 Å². The number of aryl methyl sites for hydroxylation is 4. The molecule has 2 aromatic heterocycles. The molecule has 0 bridgehead atoms. The summed E-state index contributed by atoms with van der Waals surface area (Å²) in [6.07, 6.45) is 0. The van der Waals surface area contributed by atoms with E-state index in [0.717, 1.165) is 44.8 Å². The van der Waals surface area contributed by atoms with Gasteiger partial charge in [0.15, 0.2) is 0 Å². The fraction of sp³-hybridized carbons (Fsp3) is 0.238. The van der Waals surface area contributed by atoms with Crippen LogP contribution in [-0.4, -0.2) is 25.4 Å². The van der Waals surface area contributed by atoms with Crippen LogP contribution in [-0.2, 0) is 13.6 Å². The van der Waals surface area contributed by atoms with Crippen molar-refractivity contribution in [2.75, 3.05) is 0 Å². The van der Waals surface area contributed by atoms with Gasteiger partial charge in [-0.1, -0.05) is 6.07 Å². The Kier molecular flexibility index (Phi) is 4.11. The Morgan fingerprint density at radius 3 is 2.44 bits per heavy atom. The summed E-state index contributed by atoms with van der Waals surface area (Å²) in [6, 6.07) is 11.5. The van der Waals surface area contributed by atoms with Crippen LogP contribution >= 0.6 is 0 Å². The van der Waals surface area contributed by atoms with E-state index in [2.05, 4.69) is 24.8 Å². The van der Waals surface area contributed by atoms with Crippen LogP contribution in [0, 0.1) is 20.8 Å². The van der Waals surface area contributed by atoms with Crippen LogP contribution in [0.5, 0.6) is 0 Å². The number of benzene rings is 2. The van der Waals surface area contributed by atoms with Gasteiger partial charge in [0.1, 0.15) is 5.82 Å². The Labute approximate surface area is 157 Å². The first kappa shape index (κ1) is 17.1. The van der Waals surface area contributed by atoms with Gasteiger partial charge in [0, 0.05) is 19.2 Å². The summed E-state index contributed by atoms with van der Waals surface area (Å²) in [5, 5.41) is 2.97. The fourth-order valence-electron chi connectivity index (χ4n) is 3.13. The molecular weight excluding hydrogens is 338 g/mol. The summed E-state index contributed by atoms with van der Waals surface area (Å²) in [5.74, 6) is 0.836. The van der Waals surface area contributed by atoms with E-state index in [1.54, 1.807) is 12.1 Å². The molecule has 0 fully saturated rings. The number of carbonyl (C=O) groups excluding carboxylic acids is 1. The third-order valence-corrected chi connectivity index (χ3v) is 4.96. The van der Waals surface area contributed by atoms with Crippen LogP contribution in [0.3, 0.4) is 0 Å². The molecule has 0 aliphatic carbocycles. The van der Waals surface area contributed by atoms with Gasteiger partial charge in [0.2, 0.25) is 0 Å². The number of aromatic nitrogens is 4. The van der Waals surface area contributed by atoms with E-state index in [1.807, 2.05) is 52.1 Å². The molecular formula is C21H21N5O. The standard InChI is InChI=1S/C21H21N5O/c1-12-13(2)24-18-10-16(6-7-17(18)23-12)21(27)22-11-15-5-8-20-19(9-15)25-14(3)26(20)4/h5-10H,11H2,1-4H3,(H,22,27). The molecule has 0 saturated heterocycles. The summed E-state index contributed by atoms with van der Waals surface area (Å²) < 4.78 is 2.05. The zero-order chi connectivity index (χ0) is 19.1. The maximum absolute atomic E-state index is 12.6. The highest BCUT2D eigenvalue weighted by Gasteiger charge is 2.10. The fourth-order valence-corrected chi connectivity index (χ4v) is 3.13. The van der Waals surface area contributed by atoms with Gasteiger partial charge in [-0.15, -0.1) is 0 Å². The SMILES string of the molecule is Cc1nc2ccc(C(=O)NCc3ccc4c(c3)nc(C)n4C)cc2nc1C. The summed E-state index contributed by atoms with van der Waals surface area (Å²) >= 11 is 0. The second kappa shape index (κ2) is 6.46. The minimum Gasteiger partial charge on any atom is -0.348 e. The van der Waals surface area contributed by atoms with Crippen LogP contribution in [0.4, 0.5) is 0 Å². The molecule has 0 radical (unpaired) electrons. The van der Waals surface area contributed by atoms with Crippen molar-refractivity contribution in [2.24, 2.45) is 7.05 Å². The number of hydrogen-bond acceptors (Lipinski definition) is 4. The van der Waals surface area contributed by atoms with Crippen LogP contribution in [0.2, 0.25) is 0 Å². The minimum absolute atomic E-state index is 0.130. The molecule has 0 aliphatic heterocycles. The van der Waals surface area contributed by atoms with Crippen molar-refractivity contribution < 1.29 is 4.79 Å². The minimum atomic E-state index is -0.130. The number of hydrogen-bond donors (Lipinski definition) is 1. The molecule has 0 atom stereocenters. The molecule has 27 heavy (non-hydrogen) atoms. The molecule has 1 N–H and O–H groups in total. The highest BCUT2D eigenvalue weighted by atomic mass is 16.1. The lowest BCUT2D eigenvalue weighted by Gasteiger charge is -2.07. The molecule has 2 heterocycles. The van der Waals surface area contributed by atoms with E-state index in [1.165, 1.54) is 0 Å². The van der Waals surface area contributed by atoms with E-state index in [9.17, 15) is 4.79 Å². The Balaban J connectivity index is 1.53. The number of rotatable bonds is 3. The first-order valence-corrected chi connectivity index (χ1v) is 8.87. The van der Waals surface area contributed by atoms with Gasteiger partial charge in [-0.3, -0.25) is 4.79 Å². The maximum Gasteiger partial charge on any atom is 0.251 e. The van der Waals surface area contributed by atoms with E-state index >= 15 is 0 Å². The van der Waals surface area contributed by atoms with Gasteiger partial charge in [-0.25, -0.2) is 15.0 Å². The lowest BCUT2D eigenvalue weighted by atomic mass is 10.1. The average Bonchev–Trinajstić information content (AvgIpc) is 2.94.